The molecule has 0 unspecified atom stereocenters. The van der Waals surface area contributed by atoms with Gasteiger partial charge in [-0.1, -0.05) is 13.8 Å². The highest BCUT2D eigenvalue weighted by Gasteiger charge is 2.07. The SMILES string of the molecule is CC(C)CC(=O)NCCNC(=O)c1ccco1. The molecule has 0 aliphatic carbocycles. The van der Waals surface area contributed by atoms with Crippen LogP contribution in [0.4, 0.5) is 0 Å². The minimum absolute atomic E-state index is 0.00671. The van der Waals surface area contributed by atoms with E-state index in [1.807, 2.05) is 13.8 Å². The summed E-state index contributed by atoms with van der Waals surface area (Å²) in [5.74, 6) is 0.353. The Kier molecular flexibility index (Phi) is 5.26. The van der Waals surface area contributed by atoms with Crippen molar-refractivity contribution >= 4 is 11.8 Å². The molecule has 17 heavy (non-hydrogen) atoms. The molecule has 0 radical (unpaired) electrons. The van der Waals surface area contributed by atoms with Crippen LogP contribution in [0, 0.1) is 5.92 Å². The zero-order valence-electron chi connectivity index (χ0n) is 10.2. The van der Waals surface area contributed by atoms with Gasteiger partial charge in [-0.25, -0.2) is 0 Å². The lowest BCUT2D eigenvalue weighted by molar-refractivity contribution is -0.121. The van der Waals surface area contributed by atoms with Crippen molar-refractivity contribution in [2.24, 2.45) is 5.92 Å². The summed E-state index contributed by atoms with van der Waals surface area (Å²) in [6.45, 7) is 4.79. The average Bonchev–Trinajstić information content (AvgIpc) is 2.76. The maximum absolute atomic E-state index is 11.4. The summed E-state index contributed by atoms with van der Waals surface area (Å²) in [5.41, 5.74) is 0. The average molecular weight is 238 g/mol. The molecule has 94 valence electrons. The van der Waals surface area contributed by atoms with Gasteiger partial charge in [-0.2, -0.15) is 0 Å². The Balaban J connectivity index is 2.12. The fraction of sp³-hybridized carbons (Fsp3) is 0.500. The minimum Gasteiger partial charge on any atom is -0.459 e. The summed E-state index contributed by atoms with van der Waals surface area (Å²) < 4.78 is 4.93. The Morgan fingerprint density at radius 2 is 2.00 bits per heavy atom. The van der Waals surface area contributed by atoms with E-state index in [9.17, 15) is 9.59 Å². The molecule has 0 bridgehead atoms. The molecule has 0 atom stereocenters. The predicted molar refractivity (Wildman–Crippen MR) is 63.5 cm³/mol. The van der Waals surface area contributed by atoms with Crippen molar-refractivity contribution < 1.29 is 14.0 Å². The van der Waals surface area contributed by atoms with Crippen LogP contribution in [-0.4, -0.2) is 24.9 Å². The third kappa shape index (κ3) is 5.19. The molecule has 2 amide bonds. The van der Waals surface area contributed by atoms with E-state index in [0.717, 1.165) is 0 Å². The van der Waals surface area contributed by atoms with Gasteiger partial charge in [-0.15, -0.1) is 0 Å². The van der Waals surface area contributed by atoms with Gasteiger partial charge in [0.05, 0.1) is 6.26 Å². The maximum atomic E-state index is 11.4. The van der Waals surface area contributed by atoms with Gasteiger partial charge in [0.25, 0.3) is 5.91 Å². The quantitative estimate of drug-likeness (QED) is 0.731. The van der Waals surface area contributed by atoms with Crippen LogP contribution >= 0.6 is 0 Å². The Morgan fingerprint density at radius 3 is 2.59 bits per heavy atom. The minimum atomic E-state index is -0.270. The number of carbonyl (C=O) groups is 2. The predicted octanol–water partition coefficient (Wildman–Crippen LogP) is 1.17. The molecule has 1 aromatic heterocycles. The highest BCUT2D eigenvalue weighted by molar-refractivity contribution is 5.91. The van der Waals surface area contributed by atoms with Gasteiger partial charge in [-0.05, 0) is 18.1 Å². The molecule has 0 fully saturated rings. The van der Waals surface area contributed by atoms with Crippen LogP contribution in [0.15, 0.2) is 22.8 Å². The van der Waals surface area contributed by atoms with E-state index in [1.165, 1.54) is 6.26 Å². The molecular formula is C12H18N2O3. The number of rotatable bonds is 6. The van der Waals surface area contributed by atoms with Gasteiger partial charge in [0.1, 0.15) is 0 Å². The number of hydrogen-bond acceptors (Lipinski definition) is 3. The molecule has 5 nitrogen and oxygen atoms in total. The Hall–Kier alpha value is -1.78. The van der Waals surface area contributed by atoms with Crippen LogP contribution < -0.4 is 10.6 Å². The molecule has 0 aliphatic rings. The summed E-state index contributed by atoms with van der Waals surface area (Å²) in [4.78, 5) is 22.7. The molecule has 1 heterocycles. The third-order valence-corrected chi connectivity index (χ3v) is 2.07. The first-order valence-corrected chi connectivity index (χ1v) is 5.68. The van der Waals surface area contributed by atoms with Crippen molar-refractivity contribution in [2.75, 3.05) is 13.1 Å². The van der Waals surface area contributed by atoms with Crippen LogP contribution in [0.1, 0.15) is 30.8 Å². The van der Waals surface area contributed by atoms with Gasteiger partial charge in [0, 0.05) is 19.5 Å². The number of carbonyl (C=O) groups excluding carboxylic acids is 2. The monoisotopic (exact) mass is 238 g/mol. The second kappa shape index (κ2) is 6.73. The van der Waals surface area contributed by atoms with Gasteiger partial charge >= 0.3 is 0 Å². The molecule has 0 spiro atoms. The van der Waals surface area contributed by atoms with E-state index in [-0.39, 0.29) is 17.6 Å². The number of amides is 2. The third-order valence-electron chi connectivity index (χ3n) is 2.07. The molecule has 1 aromatic rings. The Labute approximate surface area is 101 Å². The van der Waals surface area contributed by atoms with Crippen LogP contribution in [0.5, 0.6) is 0 Å². The van der Waals surface area contributed by atoms with Crippen LogP contribution in [0.25, 0.3) is 0 Å². The summed E-state index contributed by atoms with van der Waals surface area (Å²) in [6, 6.07) is 3.24. The van der Waals surface area contributed by atoms with Gasteiger partial charge in [0.2, 0.25) is 5.91 Å². The fourth-order valence-electron chi connectivity index (χ4n) is 1.32. The Bertz CT molecular complexity index is 358. The number of furan rings is 1. The molecular weight excluding hydrogens is 220 g/mol. The van der Waals surface area contributed by atoms with E-state index < -0.39 is 0 Å². The van der Waals surface area contributed by atoms with Gasteiger partial charge in [-0.3, -0.25) is 9.59 Å². The van der Waals surface area contributed by atoms with E-state index in [0.29, 0.717) is 25.4 Å². The smallest absolute Gasteiger partial charge is 0.287 e. The van der Waals surface area contributed by atoms with E-state index in [1.54, 1.807) is 12.1 Å². The topological polar surface area (TPSA) is 71.3 Å². The molecule has 0 saturated heterocycles. The van der Waals surface area contributed by atoms with Crippen molar-refractivity contribution in [3.8, 4) is 0 Å². The summed E-state index contributed by atoms with van der Waals surface area (Å²) >= 11 is 0. The lowest BCUT2D eigenvalue weighted by atomic mass is 10.1. The van der Waals surface area contributed by atoms with E-state index in [4.69, 9.17) is 4.42 Å². The normalized spacial score (nSPS) is 10.3. The molecule has 0 saturated carbocycles. The van der Waals surface area contributed by atoms with E-state index in [2.05, 4.69) is 10.6 Å². The number of hydrogen-bond donors (Lipinski definition) is 2. The molecule has 5 heteroatoms. The highest BCUT2D eigenvalue weighted by Crippen LogP contribution is 1.99. The largest absolute Gasteiger partial charge is 0.459 e. The first kappa shape index (κ1) is 13.3. The Morgan fingerprint density at radius 1 is 1.29 bits per heavy atom. The van der Waals surface area contributed by atoms with Crippen molar-refractivity contribution in [1.82, 2.24) is 10.6 Å². The lowest BCUT2D eigenvalue weighted by Crippen LogP contribution is -2.34. The summed E-state index contributed by atoms with van der Waals surface area (Å²) in [5, 5.41) is 5.38. The summed E-state index contributed by atoms with van der Waals surface area (Å²) in [6.07, 6.45) is 1.95. The lowest BCUT2D eigenvalue weighted by Gasteiger charge is -2.07. The summed E-state index contributed by atoms with van der Waals surface area (Å²) in [7, 11) is 0. The first-order valence-electron chi connectivity index (χ1n) is 5.68. The van der Waals surface area contributed by atoms with Crippen LogP contribution in [0.2, 0.25) is 0 Å². The molecule has 0 aromatic carbocycles. The molecule has 1 rings (SSSR count). The van der Waals surface area contributed by atoms with Gasteiger partial charge < -0.3 is 15.1 Å². The van der Waals surface area contributed by atoms with Crippen molar-refractivity contribution in [1.29, 1.82) is 0 Å². The fourth-order valence-corrected chi connectivity index (χ4v) is 1.32. The zero-order chi connectivity index (χ0) is 12.7. The second-order valence-electron chi connectivity index (χ2n) is 4.18. The maximum Gasteiger partial charge on any atom is 0.287 e. The molecule has 0 aliphatic heterocycles. The molecule has 2 N–H and O–H groups in total. The highest BCUT2D eigenvalue weighted by atomic mass is 16.3. The van der Waals surface area contributed by atoms with Crippen LogP contribution in [-0.2, 0) is 4.79 Å². The second-order valence-corrected chi connectivity index (χ2v) is 4.18. The van der Waals surface area contributed by atoms with Gasteiger partial charge in [0.15, 0.2) is 5.76 Å². The van der Waals surface area contributed by atoms with Crippen LogP contribution in [0.3, 0.4) is 0 Å². The van der Waals surface area contributed by atoms with Crippen molar-refractivity contribution in [3.63, 3.8) is 0 Å². The van der Waals surface area contributed by atoms with Crippen molar-refractivity contribution in [3.05, 3.63) is 24.2 Å². The first-order chi connectivity index (χ1) is 8.09. The van der Waals surface area contributed by atoms with E-state index >= 15 is 0 Å². The zero-order valence-corrected chi connectivity index (χ0v) is 10.2. The standard InChI is InChI=1S/C12H18N2O3/c1-9(2)8-11(15)13-5-6-14-12(16)10-4-3-7-17-10/h3-4,7,9H,5-6,8H2,1-2H3,(H,13,15)(H,14,16). The van der Waals surface area contributed by atoms with Crippen molar-refractivity contribution in [2.45, 2.75) is 20.3 Å². The number of nitrogens with one attached hydrogen (secondary N) is 2.